The van der Waals surface area contributed by atoms with Gasteiger partial charge < -0.3 is 4.74 Å². The van der Waals surface area contributed by atoms with Crippen LogP contribution in [0.4, 0.5) is 5.13 Å². The van der Waals surface area contributed by atoms with Crippen molar-refractivity contribution in [2.75, 3.05) is 12.4 Å². The molecule has 0 bridgehead atoms. The summed E-state index contributed by atoms with van der Waals surface area (Å²) in [5.41, 5.74) is 3.97. The molecule has 3 aromatic rings. The third-order valence-electron chi connectivity index (χ3n) is 3.45. The number of carbonyl (C=O) groups excluding carboxylic acids is 1. The van der Waals surface area contributed by atoms with E-state index in [0.29, 0.717) is 10.8 Å². The fraction of sp³-hybridized carbons (Fsp3) is 0.167. The molecular formula is C18H17N3O2S. The Kier molecular flexibility index (Phi) is 4.57. The Morgan fingerprint density at radius 2 is 1.79 bits per heavy atom. The van der Waals surface area contributed by atoms with Gasteiger partial charge in [0.15, 0.2) is 5.13 Å². The number of aryl methyl sites for hydroxylation is 2. The Balaban J connectivity index is 1.88. The molecule has 3 rings (SSSR count). The highest BCUT2D eigenvalue weighted by Gasteiger charge is 2.12. The van der Waals surface area contributed by atoms with Gasteiger partial charge in [-0.15, -0.1) is 11.3 Å². The monoisotopic (exact) mass is 339 g/mol. The van der Waals surface area contributed by atoms with Crippen LogP contribution in [0.3, 0.4) is 0 Å². The number of methoxy groups -OCH3 is 1. The fourth-order valence-corrected chi connectivity index (χ4v) is 2.99. The van der Waals surface area contributed by atoms with E-state index in [1.807, 2.05) is 49.6 Å². The molecule has 0 saturated heterocycles. The van der Waals surface area contributed by atoms with E-state index in [1.54, 1.807) is 13.2 Å². The lowest BCUT2D eigenvalue weighted by atomic mass is 10.0. The van der Waals surface area contributed by atoms with Crippen LogP contribution in [0, 0.1) is 13.8 Å². The summed E-state index contributed by atoms with van der Waals surface area (Å²) in [5.74, 6) is 0.532. The molecule has 0 fully saturated rings. The molecule has 0 aliphatic rings. The number of rotatable bonds is 4. The van der Waals surface area contributed by atoms with Gasteiger partial charge >= 0.3 is 0 Å². The number of pyridine rings is 1. The Morgan fingerprint density at radius 3 is 2.42 bits per heavy atom. The van der Waals surface area contributed by atoms with Crippen molar-refractivity contribution >= 4 is 22.4 Å². The summed E-state index contributed by atoms with van der Waals surface area (Å²) in [6.07, 6.45) is 0. The van der Waals surface area contributed by atoms with Crippen LogP contribution in [0.5, 0.6) is 5.75 Å². The molecule has 0 atom stereocenters. The lowest BCUT2D eigenvalue weighted by molar-refractivity contribution is 0.102. The maximum absolute atomic E-state index is 12.4. The minimum Gasteiger partial charge on any atom is -0.497 e. The second-order valence-corrected chi connectivity index (χ2v) is 6.22. The van der Waals surface area contributed by atoms with Gasteiger partial charge in [-0.2, -0.15) is 0 Å². The van der Waals surface area contributed by atoms with E-state index in [9.17, 15) is 4.79 Å². The molecule has 0 unspecified atom stereocenters. The normalized spacial score (nSPS) is 10.5. The third-order valence-corrected chi connectivity index (χ3v) is 4.32. The first kappa shape index (κ1) is 16.1. The van der Waals surface area contributed by atoms with Gasteiger partial charge in [0.2, 0.25) is 0 Å². The van der Waals surface area contributed by atoms with Crippen LogP contribution in [0.1, 0.15) is 21.9 Å². The molecule has 5 nitrogen and oxygen atoms in total. The number of nitrogens with one attached hydrogen (secondary N) is 1. The molecule has 1 aromatic carbocycles. The van der Waals surface area contributed by atoms with E-state index >= 15 is 0 Å². The molecule has 1 N–H and O–H groups in total. The first-order valence-electron chi connectivity index (χ1n) is 7.42. The molecule has 0 radical (unpaired) electrons. The van der Waals surface area contributed by atoms with Crippen LogP contribution in [0.2, 0.25) is 0 Å². The summed E-state index contributed by atoms with van der Waals surface area (Å²) in [7, 11) is 1.63. The van der Waals surface area contributed by atoms with Crippen molar-refractivity contribution in [2.24, 2.45) is 0 Å². The number of nitrogens with zero attached hydrogens (tertiary/aromatic N) is 2. The maximum atomic E-state index is 12.4. The molecule has 0 spiro atoms. The Bertz CT molecular complexity index is 872. The highest BCUT2D eigenvalue weighted by Crippen LogP contribution is 2.24. The summed E-state index contributed by atoms with van der Waals surface area (Å²) < 4.78 is 5.18. The van der Waals surface area contributed by atoms with Crippen molar-refractivity contribution in [1.29, 1.82) is 0 Å². The fourth-order valence-electron chi connectivity index (χ4n) is 2.31. The number of thiazole rings is 1. The van der Waals surface area contributed by atoms with Crippen molar-refractivity contribution in [3.8, 4) is 16.9 Å². The molecule has 2 heterocycles. The number of benzene rings is 1. The van der Waals surface area contributed by atoms with E-state index in [0.717, 1.165) is 28.3 Å². The minimum atomic E-state index is -0.261. The number of amides is 1. The molecule has 0 aliphatic carbocycles. The van der Waals surface area contributed by atoms with E-state index in [-0.39, 0.29) is 5.91 Å². The highest BCUT2D eigenvalue weighted by molar-refractivity contribution is 7.13. The zero-order chi connectivity index (χ0) is 17.1. The highest BCUT2D eigenvalue weighted by atomic mass is 32.1. The van der Waals surface area contributed by atoms with Gasteiger partial charge in [-0.05, 0) is 49.2 Å². The second kappa shape index (κ2) is 6.80. The average molecular weight is 339 g/mol. The second-order valence-electron chi connectivity index (χ2n) is 5.36. The zero-order valence-corrected chi connectivity index (χ0v) is 14.5. The average Bonchev–Trinajstić information content (AvgIpc) is 2.99. The van der Waals surface area contributed by atoms with E-state index in [1.165, 1.54) is 11.3 Å². The largest absolute Gasteiger partial charge is 0.497 e. The summed E-state index contributed by atoms with van der Waals surface area (Å²) in [6.45, 7) is 3.76. The predicted octanol–water partition coefficient (Wildman–Crippen LogP) is 4.08. The van der Waals surface area contributed by atoms with Crippen molar-refractivity contribution in [2.45, 2.75) is 13.8 Å². The van der Waals surface area contributed by atoms with Crippen LogP contribution in [-0.2, 0) is 0 Å². The number of carbonyl (C=O) groups is 1. The molecule has 0 aliphatic heterocycles. The predicted molar refractivity (Wildman–Crippen MR) is 95.8 cm³/mol. The minimum absolute atomic E-state index is 0.261. The van der Waals surface area contributed by atoms with Gasteiger partial charge in [0.25, 0.3) is 5.91 Å². The number of anilines is 1. The van der Waals surface area contributed by atoms with Gasteiger partial charge in [-0.3, -0.25) is 10.1 Å². The van der Waals surface area contributed by atoms with Gasteiger partial charge in [-0.1, -0.05) is 12.1 Å². The molecular weight excluding hydrogens is 322 g/mol. The van der Waals surface area contributed by atoms with Gasteiger partial charge in [-0.25, -0.2) is 9.97 Å². The summed E-state index contributed by atoms with van der Waals surface area (Å²) in [4.78, 5) is 21.0. The maximum Gasteiger partial charge on any atom is 0.276 e. The van der Waals surface area contributed by atoms with Crippen molar-refractivity contribution < 1.29 is 9.53 Å². The third kappa shape index (κ3) is 3.60. The number of aromatic nitrogens is 2. The Hall–Kier alpha value is -2.73. The lowest BCUT2D eigenvalue weighted by Crippen LogP contribution is -2.14. The smallest absolute Gasteiger partial charge is 0.276 e. The lowest BCUT2D eigenvalue weighted by Gasteiger charge is -2.08. The number of hydrogen-bond acceptors (Lipinski definition) is 5. The van der Waals surface area contributed by atoms with Crippen LogP contribution >= 0.6 is 11.3 Å². The van der Waals surface area contributed by atoms with Gasteiger partial charge in [0, 0.05) is 11.1 Å². The molecule has 24 heavy (non-hydrogen) atoms. The van der Waals surface area contributed by atoms with Gasteiger partial charge in [0.1, 0.15) is 11.4 Å². The van der Waals surface area contributed by atoms with E-state index < -0.39 is 0 Å². The van der Waals surface area contributed by atoms with Crippen LogP contribution < -0.4 is 10.1 Å². The van der Waals surface area contributed by atoms with Crippen molar-refractivity contribution in [1.82, 2.24) is 9.97 Å². The van der Waals surface area contributed by atoms with Crippen molar-refractivity contribution in [3.63, 3.8) is 0 Å². The van der Waals surface area contributed by atoms with E-state index in [2.05, 4.69) is 15.3 Å². The van der Waals surface area contributed by atoms with E-state index in [4.69, 9.17) is 4.74 Å². The summed E-state index contributed by atoms with van der Waals surface area (Å²) in [5, 5.41) is 5.26. The summed E-state index contributed by atoms with van der Waals surface area (Å²) >= 11 is 1.40. The van der Waals surface area contributed by atoms with Crippen LogP contribution in [0.25, 0.3) is 11.1 Å². The van der Waals surface area contributed by atoms with Crippen LogP contribution in [-0.4, -0.2) is 23.0 Å². The zero-order valence-electron chi connectivity index (χ0n) is 13.7. The Morgan fingerprint density at radius 1 is 1.04 bits per heavy atom. The summed E-state index contributed by atoms with van der Waals surface area (Å²) in [6, 6.07) is 11.4. The quantitative estimate of drug-likeness (QED) is 0.778. The standard InChI is InChI=1S/C18H17N3O2S/c1-11-8-14(13-4-6-15(23-3)7-5-13)9-16(19-11)17(22)21-18-20-12(2)10-24-18/h4-10H,1-3H3,(H,20,21,22). The molecule has 2 aromatic heterocycles. The molecule has 6 heteroatoms. The number of ether oxygens (including phenoxy) is 1. The SMILES string of the molecule is COc1ccc(-c2cc(C)nc(C(=O)Nc3nc(C)cs3)c2)cc1. The van der Waals surface area contributed by atoms with Crippen LogP contribution in [0.15, 0.2) is 41.8 Å². The first-order valence-corrected chi connectivity index (χ1v) is 8.30. The molecule has 0 saturated carbocycles. The van der Waals surface area contributed by atoms with Crippen molar-refractivity contribution in [3.05, 3.63) is 58.9 Å². The van der Waals surface area contributed by atoms with Gasteiger partial charge in [0.05, 0.1) is 12.8 Å². The Labute approximate surface area is 144 Å². The first-order chi connectivity index (χ1) is 11.5. The topological polar surface area (TPSA) is 64.1 Å². The molecule has 1 amide bonds. The molecule has 122 valence electrons. The number of hydrogen-bond donors (Lipinski definition) is 1.